The van der Waals surface area contributed by atoms with Crippen molar-refractivity contribution in [2.75, 3.05) is 33.8 Å². The maximum absolute atomic E-state index is 5.83. The monoisotopic (exact) mass is 277 g/mol. The van der Waals surface area contributed by atoms with Crippen LogP contribution in [0.15, 0.2) is 35.3 Å². The maximum Gasteiger partial charge on any atom is 0.193 e. The first-order valence-electron chi connectivity index (χ1n) is 7.27. The normalized spacial score (nSPS) is 13.1. The molecule has 0 spiro atoms. The summed E-state index contributed by atoms with van der Waals surface area (Å²) in [5.41, 5.74) is 1.22. The van der Waals surface area contributed by atoms with Gasteiger partial charge >= 0.3 is 0 Å². The first kappa shape index (κ1) is 16.5. The van der Waals surface area contributed by atoms with Crippen LogP contribution in [-0.2, 0) is 4.74 Å². The predicted octanol–water partition coefficient (Wildman–Crippen LogP) is 2.68. The summed E-state index contributed by atoms with van der Waals surface area (Å²) < 4.78 is 5.83. The van der Waals surface area contributed by atoms with Crippen molar-refractivity contribution < 1.29 is 4.74 Å². The first-order valence-corrected chi connectivity index (χ1v) is 7.27. The first-order chi connectivity index (χ1) is 9.65. The van der Waals surface area contributed by atoms with Gasteiger partial charge < -0.3 is 15.0 Å². The Morgan fingerprint density at radius 1 is 1.30 bits per heavy atom. The molecule has 1 atom stereocenters. The molecule has 0 saturated carbocycles. The molecule has 0 bridgehead atoms. The minimum atomic E-state index is 0.141. The molecule has 0 aromatic heterocycles. The highest BCUT2D eigenvalue weighted by Gasteiger charge is 2.04. The van der Waals surface area contributed by atoms with Gasteiger partial charge in [-0.15, -0.1) is 0 Å². The van der Waals surface area contributed by atoms with Crippen LogP contribution in [0.4, 0.5) is 0 Å². The number of nitrogens with one attached hydrogen (secondary N) is 1. The smallest absolute Gasteiger partial charge is 0.193 e. The molecule has 1 aromatic carbocycles. The van der Waals surface area contributed by atoms with Gasteiger partial charge in [-0.1, -0.05) is 30.3 Å². The number of aliphatic imine (C=N–C) groups is 1. The lowest BCUT2D eigenvalue weighted by molar-refractivity contribution is 0.0652. The average molecular weight is 277 g/mol. The van der Waals surface area contributed by atoms with Crippen LogP contribution >= 0.6 is 0 Å². The Hall–Kier alpha value is -1.55. The van der Waals surface area contributed by atoms with Crippen molar-refractivity contribution in [1.82, 2.24) is 10.2 Å². The number of rotatable bonds is 7. The number of benzene rings is 1. The van der Waals surface area contributed by atoms with E-state index >= 15 is 0 Å². The van der Waals surface area contributed by atoms with Gasteiger partial charge in [-0.05, 0) is 25.8 Å². The average Bonchev–Trinajstić information content (AvgIpc) is 2.46. The van der Waals surface area contributed by atoms with E-state index in [9.17, 15) is 0 Å². The summed E-state index contributed by atoms with van der Waals surface area (Å²) in [5, 5.41) is 3.24. The fraction of sp³-hybridized carbons (Fsp3) is 0.562. The van der Waals surface area contributed by atoms with Gasteiger partial charge in [-0.3, -0.25) is 4.99 Å². The number of ether oxygens (including phenoxy) is 1. The molecule has 1 rings (SSSR count). The zero-order valence-corrected chi connectivity index (χ0v) is 13.1. The molecule has 0 radical (unpaired) electrons. The van der Waals surface area contributed by atoms with E-state index in [1.807, 2.05) is 37.2 Å². The van der Waals surface area contributed by atoms with Crippen molar-refractivity contribution in [3.05, 3.63) is 35.9 Å². The van der Waals surface area contributed by atoms with Gasteiger partial charge in [0.25, 0.3) is 0 Å². The molecule has 1 aromatic rings. The van der Waals surface area contributed by atoms with Gasteiger partial charge in [0.1, 0.15) is 0 Å². The molecule has 4 nitrogen and oxygen atoms in total. The molecule has 0 saturated heterocycles. The summed E-state index contributed by atoms with van der Waals surface area (Å²) >= 11 is 0. The van der Waals surface area contributed by atoms with Gasteiger partial charge in [0, 0.05) is 33.8 Å². The minimum Gasteiger partial charge on any atom is -0.374 e. The third-order valence-corrected chi connectivity index (χ3v) is 2.96. The number of hydrogen-bond acceptors (Lipinski definition) is 2. The van der Waals surface area contributed by atoms with Crippen LogP contribution in [0, 0.1) is 0 Å². The van der Waals surface area contributed by atoms with E-state index in [1.165, 1.54) is 5.56 Å². The molecule has 0 aliphatic rings. The zero-order valence-electron chi connectivity index (χ0n) is 13.1. The Balaban J connectivity index is 2.26. The molecule has 1 N–H and O–H groups in total. The molecular weight excluding hydrogens is 250 g/mol. The molecule has 0 aliphatic carbocycles. The fourth-order valence-electron chi connectivity index (χ4n) is 1.84. The van der Waals surface area contributed by atoms with E-state index < -0.39 is 0 Å². The third kappa shape index (κ3) is 6.06. The van der Waals surface area contributed by atoms with Gasteiger partial charge in [-0.25, -0.2) is 0 Å². The van der Waals surface area contributed by atoms with E-state index in [4.69, 9.17) is 4.74 Å². The van der Waals surface area contributed by atoms with Crippen LogP contribution in [0.5, 0.6) is 0 Å². The van der Waals surface area contributed by atoms with Gasteiger partial charge in [-0.2, -0.15) is 0 Å². The highest BCUT2D eigenvalue weighted by Crippen LogP contribution is 2.15. The van der Waals surface area contributed by atoms with Gasteiger partial charge in [0.05, 0.1) is 6.10 Å². The molecule has 0 aliphatic heterocycles. The van der Waals surface area contributed by atoms with Gasteiger partial charge in [0.15, 0.2) is 5.96 Å². The topological polar surface area (TPSA) is 36.9 Å². The maximum atomic E-state index is 5.83. The van der Waals surface area contributed by atoms with Crippen molar-refractivity contribution in [2.24, 2.45) is 4.99 Å². The second-order valence-electron chi connectivity index (χ2n) is 4.91. The Morgan fingerprint density at radius 3 is 2.60 bits per heavy atom. The Morgan fingerprint density at radius 2 is 2.00 bits per heavy atom. The van der Waals surface area contributed by atoms with E-state index in [2.05, 4.69) is 36.3 Å². The molecule has 20 heavy (non-hydrogen) atoms. The molecular formula is C16H27N3O. The van der Waals surface area contributed by atoms with E-state index in [0.29, 0.717) is 0 Å². The summed E-state index contributed by atoms with van der Waals surface area (Å²) in [6.07, 6.45) is 1.07. The summed E-state index contributed by atoms with van der Waals surface area (Å²) in [6.45, 7) is 6.55. The Kier molecular flexibility index (Phi) is 7.73. The Labute approximate surface area is 122 Å². The number of nitrogens with zero attached hydrogens (tertiary/aromatic N) is 2. The highest BCUT2D eigenvalue weighted by atomic mass is 16.5. The number of guanidine groups is 1. The van der Waals surface area contributed by atoms with Crippen LogP contribution in [0.2, 0.25) is 0 Å². The van der Waals surface area contributed by atoms with Crippen molar-refractivity contribution in [3.63, 3.8) is 0 Å². The summed E-state index contributed by atoms with van der Waals surface area (Å²) in [6, 6.07) is 10.3. The standard InChI is InChI=1S/C16H27N3O/c1-5-17-16(19(3)4)18-12-9-13-20-14(2)15-10-7-6-8-11-15/h6-8,10-11,14H,5,9,12-13H2,1-4H3,(H,17,18). The summed E-state index contributed by atoms with van der Waals surface area (Å²) in [4.78, 5) is 6.53. The van der Waals surface area contributed by atoms with Crippen LogP contribution in [0.3, 0.4) is 0 Å². The van der Waals surface area contributed by atoms with Crippen LogP contribution in [0.25, 0.3) is 0 Å². The van der Waals surface area contributed by atoms with E-state index in [0.717, 1.165) is 32.1 Å². The second kappa shape index (κ2) is 9.37. The van der Waals surface area contributed by atoms with Crippen molar-refractivity contribution >= 4 is 5.96 Å². The third-order valence-electron chi connectivity index (χ3n) is 2.96. The lowest BCUT2D eigenvalue weighted by atomic mass is 10.1. The van der Waals surface area contributed by atoms with Crippen molar-refractivity contribution in [3.8, 4) is 0 Å². The SMILES string of the molecule is CCNC(=NCCCOC(C)c1ccccc1)N(C)C. The van der Waals surface area contributed by atoms with Crippen molar-refractivity contribution in [2.45, 2.75) is 26.4 Å². The van der Waals surface area contributed by atoms with Crippen LogP contribution in [-0.4, -0.2) is 44.7 Å². The molecule has 4 heteroatoms. The molecule has 1 unspecified atom stereocenters. The molecule has 0 fully saturated rings. The Bertz CT molecular complexity index is 390. The summed E-state index contributed by atoms with van der Waals surface area (Å²) in [5.74, 6) is 0.934. The quantitative estimate of drug-likeness (QED) is 0.473. The van der Waals surface area contributed by atoms with E-state index in [1.54, 1.807) is 0 Å². The number of hydrogen-bond donors (Lipinski definition) is 1. The predicted molar refractivity (Wildman–Crippen MR) is 85.1 cm³/mol. The molecule has 0 heterocycles. The molecule has 112 valence electrons. The van der Waals surface area contributed by atoms with Crippen LogP contribution < -0.4 is 5.32 Å². The second-order valence-corrected chi connectivity index (χ2v) is 4.91. The summed E-state index contributed by atoms with van der Waals surface area (Å²) in [7, 11) is 3.99. The largest absolute Gasteiger partial charge is 0.374 e. The zero-order chi connectivity index (χ0) is 14.8. The van der Waals surface area contributed by atoms with E-state index in [-0.39, 0.29) is 6.10 Å². The highest BCUT2D eigenvalue weighted by molar-refractivity contribution is 5.79. The fourth-order valence-corrected chi connectivity index (χ4v) is 1.84. The molecule has 0 amide bonds. The lowest BCUT2D eigenvalue weighted by Crippen LogP contribution is -2.36. The van der Waals surface area contributed by atoms with Crippen LogP contribution in [0.1, 0.15) is 31.9 Å². The van der Waals surface area contributed by atoms with Gasteiger partial charge in [0.2, 0.25) is 0 Å². The lowest BCUT2D eigenvalue weighted by Gasteiger charge is -2.16. The minimum absolute atomic E-state index is 0.141. The van der Waals surface area contributed by atoms with Crippen molar-refractivity contribution in [1.29, 1.82) is 0 Å².